The molecule has 28 heavy (non-hydrogen) atoms. The zero-order valence-corrected chi connectivity index (χ0v) is 16.6. The lowest BCUT2D eigenvalue weighted by molar-refractivity contribution is -0.127. The number of hydrazone groups is 1. The predicted molar refractivity (Wildman–Crippen MR) is 110 cm³/mol. The topological polar surface area (TPSA) is 88.2 Å². The molecule has 3 unspecified atom stereocenters. The van der Waals surface area contributed by atoms with Crippen molar-refractivity contribution >= 4 is 35.0 Å². The van der Waals surface area contributed by atoms with Gasteiger partial charge in [-0.1, -0.05) is 18.2 Å². The second-order valence-electron chi connectivity index (χ2n) is 7.46. The highest BCUT2D eigenvalue weighted by molar-refractivity contribution is 7.99. The molecule has 0 spiro atoms. The number of carbonyl (C=O) groups excluding carboxylic acids is 2. The van der Waals surface area contributed by atoms with Gasteiger partial charge in [0.05, 0.1) is 11.8 Å². The Balaban J connectivity index is 1.57. The summed E-state index contributed by atoms with van der Waals surface area (Å²) in [5.41, 5.74) is 6.78. The summed E-state index contributed by atoms with van der Waals surface area (Å²) < 4.78 is 5.78. The Bertz CT molecular complexity index is 745. The van der Waals surface area contributed by atoms with Crippen LogP contribution in [0.4, 0.5) is 5.69 Å². The molecular weight excluding hydrogens is 376 g/mol. The molecule has 2 N–H and O–H groups in total. The van der Waals surface area contributed by atoms with Gasteiger partial charge in [-0.3, -0.25) is 14.6 Å². The van der Waals surface area contributed by atoms with Crippen molar-refractivity contribution in [2.75, 3.05) is 29.7 Å². The van der Waals surface area contributed by atoms with Crippen LogP contribution in [0.3, 0.4) is 0 Å². The first kappa shape index (κ1) is 19.3. The number of rotatable bonds is 6. The molecule has 0 aromatic heterocycles. The Kier molecular flexibility index (Phi) is 5.87. The third-order valence-corrected chi connectivity index (χ3v) is 6.68. The summed E-state index contributed by atoms with van der Waals surface area (Å²) >= 11 is 1.87. The van der Waals surface area contributed by atoms with E-state index in [-0.39, 0.29) is 24.5 Å². The fourth-order valence-electron chi connectivity index (χ4n) is 4.02. The van der Waals surface area contributed by atoms with E-state index in [9.17, 15) is 9.59 Å². The summed E-state index contributed by atoms with van der Waals surface area (Å²) in [4.78, 5) is 27.4. The van der Waals surface area contributed by atoms with Gasteiger partial charge < -0.3 is 15.4 Å². The summed E-state index contributed by atoms with van der Waals surface area (Å²) in [7, 11) is 0. The summed E-state index contributed by atoms with van der Waals surface area (Å²) in [5.74, 6) is 1.44. The number of nitrogens with two attached hydrogens (primary N) is 1. The average molecular weight is 403 g/mol. The molecule has 0 radical (unpaired) electrons. The minimum absolute atomic E-state index is 0.0901. The van der Waals surface area contributed by atoms with Crippen LogP contribution in [0.2, 0.25) is 0 Å². The van der Waals surface area contributed by atoms with E-state index >= 15 is 0 Å². The van der Waals surface area contributed by atoms with Crippen LogP contribution in [0.5, 0.6) is 0 Å². The molecule has 1 aromatic carbocycles. The molecule has 2 fully saturated rings. The molecule has 2 saturated heterocycles. The number of amides is 2. The van der Waals surface area contributed by atoms with E-state index in [0.29, 0.717) is 12.3 Å². The Morgan fingerprint density at radius 2 is 2.11 bits per heavy atom. The Morgan fingerprint density at radius 3 is 2.75 bits per heavy atom. The standard InChI is InChI=1S/C20H26N4O3S/c21-19(25)18-11-17(22-24(18)14-5-2-1-3-6-14)20(26)23(15-8-10-28-13-15)12-16-7-4-9-27-16/h1-3,5-6,15-16,18H,4,7-13H2,(H2,21,25). The van der Waals surface area contributed by atoms with Crippen molar-refractivity contribution in [2.45, 2.75) is 43.9 Å². The molecule has 150 valence electrons. The van der Waals surface area contributed by atoms with Crippen LogP contribution in [0, 0.1) is 0 Å². The number of ether oxygens (including phenoxy) is 1. The monoisotopic (exact) mass is 402 g/mol. The van der Waals surface area contributed by atoms with Crippen LogP contribution in [0.15, 0.2) is 35.4 Å². The third kappa shape index (κ3) is 4.03. The number of hydrogen-bond acceptors (Lipinski definition) is 6. The highest BCUT2D eigenvalue weighted by Gasteiger charge is 2.39. The maximum Gasteiger partial charge on any atom is 0.270 e. The Hall–Kier alpha value is -2.06. The number of para-hydroxylation sites is 1. The van der Waals surface area contributed by atoms with Gasteiger partial charge in [-0.2, -0.15) is 16.9 Å². The highest BCUT2D eigenvalue weighted by atomic mass is 32.2. The van der Waals surface area contributed by atoms with Gasteiger partial charge in [0.2, 0.25) is 5.91 Å². The van der Waals surface area contributed by atoms with E-state index < -0.39 is 11.9 Å². The molecule has 3 aliphatic rings. The maximum absolute atomic E-state index is 13.4. The number of nitrogens with zero attached hydrogens (tertiary/aromatic N) is 3. The van der Waals surface area contributed by atoms with Crippen molar-refractivity contribution in [3.63, 3.8) is 0 Å². The van der Waals surface area contributed by atoms with Crippen molar-refractivity contribution in [1.82, 2.24) is 4.90 Å². The van der Waals surface area contributed by atoms with E-state index in [1.54, 1.807) is 5.01 Å². The quantitative estimate of drug-likeness (QED) is 0.781. The molecule has 0 aliphatic carbocycles. The summed E-state index contributed by atoms with van der Waals surface area (Å²) in [6.45, 7) is 1.36. The van der Waals surface area contributed by atoms with Crippen LogP contribution in [0.1, 0.15) is 25.7 Å². The molecule has 3 atom stereocenters. The first-order valence-corrected chi connectivity index (χ1v) is 11.0. The van der Waals surface area contributed by atoms with Gasteiger partial charge in [-0.25, -0.2) is 0 Å². The minimum atomic E-state index is -0.635. The predicted octanol–water partition coefficient (Wildman–Crippen LogP) is 1.62. The largest absolute Gasteiger partial charge is 0.376 e. The van der Waals surface area contributed by atoms with Crippen molar-refractivity contribution in [3.05, 3.63) is 30.3 Å². The minimum Gasteiger partial charge on any atom is -0.376 e. The van der Waals surface area contributed by atoms with Crippen molar-refractivity contribution in [2.24, 2.45) is 10.8 Å². The van der Waals surface area contributed by atoms with E-state index in [0.717, 1.165) is 43.1 Å². The van der Waals surface area contributed by atoms with E-state index in [1.165, 1.54) is 0 Å². The first-order valence-electron chi connectivity index (χ1n) is 9.85. The number of primary amides is 1. The molecule has 8 heteroatoms. The number of hydrogen-bond donors (Lipinski definition) is 1. The van der Waals surface area contributed by atoms with Crippen LogP contribution in [0.25, 0.3) is 0 Å². The second kappa shape index (κ2) is 8.53. The second-order valence-corrected chi connectivity index (χ2v) is 8.61. The van der Waals surface area contributed by atoms with Crippen molar-refractivity contribution in [1.29, 1.82) is 0 Å². The third-order valence-electron chi connectivity index (χ3n) is 5.54. The zero-order chi connectivity index (χ0) is 19.5. The fraction of sp³-hybridized carbons (Fsp3) is 0.550. The normalized spacial score (nSPS) is 27.1. The average Bonchev–Trinajstić information content (AvgIpc) is 3.48. The van der Waals surface area contributed by atoms with Gasteiger partial charge in [0.1, 0.15) is 11.8 Å². The van der Waals surface area contributed by atoms with Crippen molar-refractivity contribution in [3.8, 4) is 0 Å². The lowest BCUT2D eigenvalue weighted by Gasteiger charge is -2.30. The summed E-state index contributed by atoms with van der Waals surface area (Å²) in [6.07, 6.45) is 3.34. The molecule has 3 aliphatic heterocycles. The van der Waals surface area contributed by atoms with Gasteiger partial charge >= 0.3 is 0 Å². The SMILES string of the molecule is NC(=O)C1CC(C(=O)N(CC2CCCO2)C2CCSC2)=NN1c1ccccc1. The Morgan fingerprint density at radius 1 is 1.29 bits per heavy atom. The van der Waals surface area contributed by atoms with Crippen LogP contribution in [-0.2, 0) is 14.3 Å². The Labute approximate surface area is 169 Å². The maximum atomic E-state index is 13.4. The lowest BCUT2D eigenvalue weighted by atomic mass is 10.1. The first-order chi connectivity index (χ1) is 13.6. The smallest absolute Gasteiger partial charge is 0.270 e. The van der Waals surface area contributed by atoms with Gasteiger partial charge in [0.15, 0.2) is 0 Å². The summed E-state index contributed by atoms with van der Waals surface area (Å²) in [6, 6.07) is 8.95. The molecular formula is C20H26N4O3S. The van der Waals surface area contributed by atoms with Gasteiger partial charge in [-0.15, -0.1) is 0 Å². The molecule has 0 saturated carbocycles. The zero-order valence-electron chi connectivity index (χ0n) is 15.8. The van der Waals surface area contributed by atoms with E-state index in [1.807, 2.05) is 47.0 Å². The number of anilines is 1. The van der Waals surface area contributed by atoms with Crippen molar-refractivity contribution < 1.29 is 14.3 Å². The molecule has 0 bridgehead atoms. The molecule has 1 aromatic rings. The highest BCUT2D eigenvalue weighted by Crippen LogP contribution is 2.28. The van der Waals surface area contributed by atoms with Gasteiger partial charge in [0.25, 0.3) is 5.91 Å². The summed E-state index contributed by atoms with van der Waals surface area (Å²) in [5, 5.41) is 6.12. The van der Waals surface area contributed by atoms with Crippen LogP contribution in [-0.4, -0.2) is 65.3 Å². The van der Waals surface area contributed by atoms with Crippen LogP contribution < -0.4 is 10.7 Å². The molecule has 3 heterocycles. The van der Waals surface area contributed by atoms with Gasteiger partial charge in [-0.05, 0) is 37.1 Å². The molecule has 2 amide bonds. The molecule has 4 rings (SSSR count). The fourth-order valence-corrected chi connectivity index (χ4v) is 5.24. The van der Waals surface area contributed by atoms with E-state index in [2.05, 4.69) is 5.10 Å². The molecule has 7 nitrogen and oxygen atoms in total. The number of thioether (sulfide) groups is 1. The lowest BCUT2D eigenvalue weighted by Crippen LogP contribution is -2.47. The number of carbonyl (C=O) groups is 2. The number of benzene rings is 1. The van der Waals surface area contributed by atoms with E-state index in [4.69, 9.17) is 10.5 Å². The van der Waals surface area contributed by atoms with Gasteiger partial charge in [0, 0.05) is 31.4 Å². The van der Waals surface area contributed by atoms with Crippen LogP contribution >= 0.6 is 11.8 Å².